The second-order valence-electron chi connectivity index (χ2n) is 4.04. The Labute approximate surface area is 131 Å². The summed E-state index contributed by atoms with van der Waals surface area (Å²) in [6.45, 7) is 0. The van der Waals surface area contributed by atoms with Crippen LogP contribution in [-0.4, -0.2) is 0 Å². The molecule has 0 atom stereocenters. The summed E-state index contributed by atoms with van der Waals surface area (Å²) in [7, 11) is 0. The molecule has 0 aliphatic rings. The van der Waals surface area contributed by atoms with Gasteiger partial charge in [0, 0.05) is 14.3 Å². The zero-order chi connectivity index (χ0) is 12.9. The van der Waals surface area contributed by atoms with Gasteiger partial charge in [-0.05, 0) is 56.4 Å². The molecular formula is C14H6Br2Cl2. The molecule has 18 heavy (non-hydrogen) atoms. The Bertz CT molecular complexity index is 782. The number of rotatable bonds is 0. The monoisotopic (exact) mass is 402 g/mol. The van der Waals surface area contributed by atoms with Gasteiger partial charge in [-0.25, -0.2) is 0 Å². The Kier molecular flexibility index (Phi) is 3.31. The number of fused-ring (bicyclic) bond motifs is 3. The molecule has 3 rings (SSSR count). The van der Waals surface area contributed by atoms with Crippen LogP contribution in [0.1, 0.15) is 0 Å². The zero-order valence-corrected chi connectivity index (χ0v) is 13.7. The zero-order valence-electron chi connectivity index (χ0n) is 8.98. The quantitative estimate of drug-likeness (QED) is 0.360. The summed E-state index contributed by atoms with van der Waals surface area (Å²) in [5, 5.41) is 5.78. The van der Waals surface area contributed by atoms with Crippen LogP contribution in [0, 0.1) is 0 Å². The highest BCUT2D eigenvalue weighted by Crippen LogP contribution is 2.37. The van der Waals surface area contributed by atoms with Gasteiger partial charge in [0.1, 0.15) is 0 Å². The van der Waals surface area contributed by atoms with E-state index in [4.69, 9.17) is 23.2 Å². The Morgan fingerprint density at radius 3 is 2.28 bits per heavy atom. The molecule has 0 heterocycles. The van der Waals surface area contributed by atoms with Gasteiger partial charge in [0.15, 0.2) is 0 Å². The SMILES string of the molecule is Clc1cc2ccc3cc(Br)cc(Cl)c3c2cc1Br. The van der Waals surface area contributed by atoms with Crippen LogP contribution >= 0.6 is 55.1 Å². The molecule has 0 fully saturated rings. The Balaban J connectivity index is 2.56. The fourth-order valence-corrected chi connectivity index (χ4v) is 3.56. The molecule has 0 aliphatic carbocycles. The van der Waals surface area contributed by atoms with E-state index in [1.165, 1.54) is 0 Å². The molecule has 3 aromatic carbocycles. The summed E-state index contributed by atoms with van der Waals surface area (Å²) in [4.78, 5) is 0. The van der Waals surface area contributed by atoms with E-state index in [2.05, 4.69) is 50.1 Å². The van der Waals surface area contributed by atoms with E-state index in [1.807, 2.05) is 18.2 Å². The van der Waals surface area contributed by atoms with Crippen LogP contribution in [0.5, 0.6) is 0 Å². The van der Waals surface area contributed by atoms with Gasteiger partial charge in [-0.1, -0.05) is 51.3 Å². The molecule has 0 nitrogen and oxygen atoms in total. The van der Waals surface area contributed by atoms with E-state index in [0.717, 1.165) is 35.5 Å². The Hall–Kier alpha value is -0.280. The maximum atomic E-state index is 6.36. The molecule has 0 N–H and O–H groups in total. The first-order chi connectivity index (χ1) is 8.56. The predicted molar refractivity (Wildman–Crippen MR) is 86.9 cm³/mol. The predicted octanol–water partition coefficient (Wildman–Crippen LogP) is 6.82. The number of hydrogen-bond donors (Lipinski definition) is 0. The second-order valence-corrected chi connectivity index (χ2v) is 6.62. The van der Waals surface area contributed by atoms with Gasteiger partial charge in [0.05, 0.1) is 10.0 Å². The molecule has 0 saturated carbocycles. The van der Waals surface area contributed by atoms with Crippen LogP contribution in [-0.2, 0) is 0 Å². The molecule has 0 unspecified atom stereocenters. The maximum Gasteiger partial charge on any atom is 0.0554 e. The lowest BCUT2D eigenvalue weighted by atomic mass is 10.0. The molecule has 0 saturated heterocycles. The van der Waals surface area contributed by atoms with Crippen LogP contribution in [0.15, 0.2) is 45.3 Å². The average molecular weight is 405 g/mol. The highest BCUT2D eigenvalue weighted by Gasteiger charge is 2.08. The number of halogens is 4. The van der Waals surface area contributed by atoms with Crippen LogP contribution in [0.25, 0.3) is 21.5 Å². The van der Waals surface area contributed by atoms with Crippen molar-refractivity contribution in [3.05, 3.63) is 55.4 Å². The van der Waals surface area contributed by atoms with E-state index >= 15 is 0 Å². The fourth-order valence-electron chi connectivity index (χ4n) is 2.11. The highest BCUT2D eigenvalue weighted by atomic mass is 79.9. The third-order valence-corrected chi connectivity index (χ3v) is 4.84. The number of benzene rings is 3. The van der Waals surface area contributed by atoms with E-state index in [1.54, 1.807) is 0 Å². The standard InChI is InChI=1S/C14H6Br2Cl2/c15-9-3-8-2-1-7-4-12(17)11(16)6-10(7)14(8)13(18)5-9/h1-6H. The van der Waals surface area contributed by atoms with E-state index in [-0.39, 0.29) is 0 Å². The van der Waals surface area contributed by atoms with Crippen LogP contribution in [0.2, 0.25) is 10.0 Å². The first-order valence-electron chi connectivity index (χ1n) is 5.23. The Morgan fingerprint density at radius 2 is 1.50 bits per heavy atom. The number of hydrogen-bond acceptors (Lipinski definition) is 0. The van der Waals surface area contributed by atoms with E-state index < -0.39 is 0 Å². The molecule has 0 radical (unpaired) electrons. The summed E-state index contributed by atoms with van der Waals surface area (Å²) < 4.78 is 1.86. The van der Waals surface area contributed by atoms with Crippen molar-refractivity contribution in [1.29, 1.82) is 0 Å². The maximum absolute atomic E-state index is 6.36. The van der Waals surface area contributed by atoms with Crippen molar-refractivity contribution in [3.63, 3.8) is 0 Å². The molecule has 0 aromatic heterocycles. The van der Waals surface area contributed by atoms with Gasteiger partial charge in [-0.2, -0.15) is 0 Å². The average Bonchev–Trinajstić information content (AvgIpc) is 2.30. The van der Waals surface area contributed by atoms with Crippen LogP contribution < -0.4 is 0 Å². The topological polar surface area (TPSA) is 0 Å². The van der Waals surface area contributed by atoms with Crippen LogP contribution in [0.4, 0.5) is 0 Å². The molecule has 90 valence electrons. The van der Waals surface area contributed by atoms with Gasteiger partial charge in [-0.3, -0.25) is 0 Å². The molecular weight excluding hydrogens is 399 g/mol. The van der Waals surface area contributed by atoms with Crippen molar-refractivity contribution in [2.75, 3.05) is 0 Å². The van der Waals surface area contributed by atoms with Gasteiger partial charge >= 0.3 is 0 Å². The third kappa shape index (κ3) is 2.05. The fraction of sp³-hybridized carbons (Fsp3) is 0. The minimum Gasteiger partial charge on any atom is -0.0836 e. The summed E-state index contributed by atoms with van der Waals surface area (Å²) in [6, 6.07) is 12.0. The van der Waals surface area contributed by atoms with Crippen molar-refractivity contribution < 1.29 is 0 Å². The van der Waals surface area contributed by atoms with Crippen molar-refractivity contribution in [2.24, 2.45) is 0 Å². The van der Waals surface area contributed by atoms with Crippen molar-refractivity contribution in [2.45, 2.75) is 0 Å². The largest absolute Gasteiger partial charge is 0.0836 e. The minimum atomic E-state index is 0.704. The first kappa shape index (κ1) is 12.7. The molecule has 3 aromatic rings. The first-order valence-corrected chi connectivity index (χ1v) is 7.57. The van der Waals surface area contributed by atoms with Crippen molar-refractivity contribution >= 4 is 76.6 Å². The van der Waals surface area contributed by atoms with Gasteiger partial charge in [0.25, 0.3) is 0 Å². The third-order valence-electron chi connectivity index (χ3n) is 2.89. The molecule has 0 spiro atoms. The summed E-state index contributed by atoms with van der Waals surface area (Å²) in [6.07, 6.45) is 0. The van der Waals surface area contributed by atoms with Crippen LogP contribution in [0.3, 0.4) is 0 Å². The van der Waals surface area contributed by atoms with Gasteiger partial charge in [-0.15, -0.1) is 0 Å². The van der Waals surface area contributed by atoms with Crippen molar-refractivity contribution in [1.82, 2.24) is 0 Å². The summed E-state index contributed by atoms with van der Waals surface area (Å²) in [5.74, 6) is 0. The molecule has 0 bridgehead atoms. The summed E-state index contributed by atoms with van der Waals surface area (Å²) >= 11 is 19.4. The molecule has 4 heteroatoms. The van der Waals surface area contributed by atoms with Gasteiger partial charge < -0.3 is 0 Å². The van der Waals surface area contributed by atoms with Crippen molar-refractivity contribution in [3.8, 4) is 0 Å². The molecule has 0 aliphatic heterocycles. The normalized spacial score (nSPS) is 11.3. The van der Waals surface area contributed by atoms with E-state index in [9.17, 15) is 0 Å². The highest BCUT2D eigenvalue weighted by molar-refractivity contribution is 9.10. The lowest BCUT2D eigenvalue weighted by molar-refractivity contribution is 1.70. The molecule has 0 amide bonds. The lowest BCUT2D eigenvalue weighted by Crippen LogP contribution is -1.81. The second kappa shape index (κ2) is 4.68. The summed E-state index contributed by atoms with van der Waals surface area (Å²) in [5.41, 5.74) is 0. The van der Waals surface area contributed by atoms with Gasteiger partial charge in [0.2, 0.25) is 0 Å². The van der Waals surface area contributed by atoms with E-state index in [0.29, 0.717) is 5.02 Å². The Morgan fingerprint density at radius 1 is 0.778 bits per heavy atom. The minimum absolute atomic E-state index is 0.704. The lowest BCUT2D eigenvalue weighted by Gasteiger charge is -2.08. The smallest absolute Gasteiger partial charge is 0.0554 e.